The third-order valence-corrected chi connectivity index (χ3v) is 5.75. The second-order valence-corrected chi connectivity index (χ2v) is 7.74. The maximum atomic E-state index is 13.5. The summed E-state index contributed by atoms with van der Waals surface area (Å²) in [6, 6.07) is 9.99. The smallest absolute Gasteiger partial charge is 0.290 e. The van der Waals surface area contributed by atoms with Crippen molar-refractivity contribution in [1.82, 2.24) is 4.90 Å². The summed E-state index contributed by atoms with van der Waals surface area (Å²) in [4.78, 5) is 28.3. The van der Waals surface area contributed by atoms with E-state index in [-0.39, 0.29) is 17.1 Å². The fourth-order valence-corrected chi connectivity index (χ4v) is 3.97. The molecule has 1 aliphatic rings. The third kappa shape index (κ3) is 3.73. The molecule has 1 aliphatic heterocycles. The molecule has 1 unspecified atom stereocenters. The number of ether oxygens (including phenoxy) is 2. The van der Waals surface area contributed by atoms with E-state index in [1.807, 2.05) is 19.1 Å². The van der Waals surface area contributed by atoms with Gasteiger partial charge in [0.1, 0.15) is 17.9 Å². The lowest BCUT2D eigenvalue weighted by Crippen LogP contribution is -2.32. The lowest BCUT2D eigenvalue weighted by atomic mass is 9.98. The molecular formula is C24H22ClNO5. The Morgan fingerprint density at radius 2 is 1.97 bits per heavy atom. The number of methoxy groups -OCH3 is 1. The number of rotatable bonds is 7. The van der Waals surface area contributed by atoms with Gasteiger partial charge in [-0.05, 0) is 42.3 Å². The van der Waals surface area contributed by atoms with Gasteiger partial charge in [0.15, 0.2) is 5.43 Å². The lowest BCUT2D eigenvalue weighted by Gasteiger charge is -2.25. The van der Waals surface area contributed by atoms with Crippen LogP contribution in [0.3, 0.4) is 0 Å². The van der Waals surface area contributed by atoms with Crippen LogP contribution in [0.25, 0.3) is 11.0 Å². The Kier molecular flexibility index (Phi) is 5.85. The zero-order valence-corrected chi connectivity index (χ0v) is 18.1. The minimum absolute atomic E-state index is 0.0623. The van der Waals surface area contributed by atoms with Crippen molar-refractivity contribution in [2.24, 2.45) is 0 Å². The first-order valence-corrected chi connectivity index (χ1v) is 10.2. The molecule has 1 aromatic heterocycles. The zero-order valence-electron chi connectivity index (χ0n) is 17.3. The number of nitrogens with zero attached hydrogens (tertiary/aromatic N) is 1. The average molecular weight is 440 g/mol. The third-order valence-electron chi connectivity index (χ3n) is 5.35. The van der Waals surface area contributed by atoms with Crippen molar-refractivity contribution >= 4 is 28.5 Å². The molecule has 0 spiro atoms. The van der Waals surface area contributed by atoms with E-state index in [2.05, 4.69) is 6.58 Å². The minimum Gasteiger partial charge on any atom is -0.490 e. The van der Waals surface area contributed by atoms with Crippen LogP contribution in [0.1, 0.15) is 33.3 Å². The van der Waals surface area contributed by atoms with Crippen molar-refractivity contribution < 1.29 is 18.7 Å². The van der Waals surface area contributed by atoms with Gasteiger partial charge in [0, 0.05) is 18.7 Å². The lowest BCUT2D eigenvalue weighted by molar-refractivity contribution is 0.0663. The van der Waals surface area contributed by atoms with E-state index in [0.29, 0.717) is 47.1 Å². The van der Waals surface area contributed by atoms with E-state index in [4.69, 9.17) is 25.5 Å². The molecule has 0 radical (unpaired) electrons. The summed E-state index contributed by atoms with van der Waals surface area (Å²) in [5.74, 6) is 0.396. The molecule has 3 aromatic rings. The van der Waals surface area contributed by atoms with E-state index in [9.17, 15) is 9.59 Å². The number of hydrogen-bond acceptors (Lipinski definition) is 5. The van der Waals surface area contributed by atoms with Gasteiger partial charge < -0.3 is 18.8 Å². The summed E-state index contributed by atoms with van der Waals surface area (Å²) in [6.07, 6.45) is 1.66. The molecule has 2 aromatic carbocycles. The summed E-state index contributed by atoms with van der Waals surface area (Å²) in [5, 5.41) is 0.826. The fourth-order valence-electron chi connectivity index (χ4n) is 3.81. The van der Waals surface area contributed by atoms with E-state index in [0.717, 1.165) is 11.1 Å². The van der Waals surface area contributed by atoms with Crippen LogP contribution in [-0.2, 0) is 4.74 Å². The number of benzene rings is 2. The first kappa shape index (κ1) is 21.2. The zero-order chi connectivity index (χ0) is 22.1. The minimum atomic E-state index is -0.591. The number of aryl methyl sites for hydroxylation is 1. The van der Waals surface area contributed by atoms with Crippen molar-refractivity contribution in [1.29, 1.82) is 0 Å². The van der Waals surface area contributed by atoms with Crippen molar-refractivity contribution in [2.75, 3.05) is 26.9 Å². The molecule has 0 saturated carbocycles. The fraction of sp³-hybridized carbons (Fsp3) is 0.250. The Morgan fingerprint density at radius 3 is 2.65 bits per heavy atom. The molecule has 4 rings (SSSR count). The molecule has 1 amide bonds. The Bertz CT molecular complexity index is 1220. The number of hydrogen-bond donors (Lipinski definition) is 0. The van der Waals surface area contributed by atoms with Gasteiger partial charge in [-0.2, -0.15) is 0 Å². The number of amides is 1. The maximum absolute atomic E-state index is 13.5. The number of carbonyl (C=O) groups excluding carboxylic acids is 1. The highest BCUT2D eigenvalue weighted by molar-refractivity contribution is 6.32. The van der Waals surface area contributed by atoms with Crippen LogP contribution >= 0.6 is 11.6 Å². The Balaban J connectivity index is 1.88. The van der Waals surface area contributed by atoms with Crippen LogP contribution in [-0.4, -0.2) is 37.7 Å². The maximum Gasteiger partial charge on any atom is 0.290 e. The van der Waals surface area contributed by atoms with Crippen molar-refractivity contribution in [3.05, 3.63) is 86.7 Å². The van der Waals surface area contributed by atoms with Crippen LogP contribution < -0.4 is 10.2 Å². The molecule has 160 valence electrons. The highest BCUT2D eigenvalue weighted by atomic mass is 35.5. The summed E-state index contributed by atoms with van der Waals surface area (Å²) in [7, 11) is 1.57. The van der Waals surface area contributed by atoms with Crippen molar-refractivity contribution in [2.45, 2.75) is 13.0 Å². The highest BCUT2D eigenvalue weighted by Gasteiger charge is 2.42. The summed E-state index contributed by atoms with van der Waals surface area (Å²) in [6.45, 7) is 6.49. The van der Waals surface area contributed by atoms with E-state index >= 15 is 0 Å². The average Bonchev–Trinajstić information content (AvgIpc) is 3.04. The topological polar surface area (TPSA) is 69.0 Å². The molecule has 0 bridgehead atoms. The highest BCUT2D eigenvalue weighted by Crippen LogP contribution is 2.39. The van der Waals surface area contributed by atoms with Crippen LogP contribution in [0.15, 0.2) is 58.3 Å². The molecule has 0 N–H and O–H groups in total. The van der Waals surface area contributed by atoms with Crippen molar-refractivity contribution in [3.63, 3.8) is 0 Å². The van der Waals surface area contributed by atoms with E-state index in [1.165, 1.54) is 0 Å². The first-order valence-electron chi connectivity index (χ1n) is 9.86. The quantitative estimate of drug-likeness (QED) is 0.506. The summed E-state index contributed by atoms with van der Waals surface area (Å²) < 4.78 is 16.7. The molecule has 7 heteroatoms. The van der Waals surface area contributed by atoms with Gasteiger partial charge in [0.05, 0.1) is 23.6 Å². The molecule has 0 aliphatic carbocycles. The van der Waals surface area contributed by atoms with Crippen LogP contribution in [0, 0.1) is 6.92 Å². The molecule has 1 atom stereocenters. The van der Waals surface area contributed by atoms with Crippen molar-refractivity contribution in [3.8, 4) is 5.75 Å². The normalized spacial score (nSPS) is 15.4. The Hall–Kier alpha value is -3.09. The Morgan fingerprint density at radius 1 is 1.23 bits per heavy atom. The van der Waals surface area contributed by atoms with Gasteiger partial charge in [-0.15, -0.1) is 0 Å². The van der Waals surface area contributed by atoms with Crippen LogP contribution in [0.4, 0.5) is 0 Å². The molecule has 6 nitrogen and oxygen atoms in total. The monoisotopic (exact) mass is 439 g/mol. The SMILES string of the molecule is C=CCOc1ccc(C2c3c(oc4cc(C)c(Cl)cc4c3=O)C(=O)N2CCOC)cc1. The summed E-state index contributed by atoms with van der Waals surface area (Å²) >= 11 is 6.25. The first-order chi connectivity index (χ1) is 15.0. The second-order valence-electron chi connectivity index (χ2n) is 7.33. The van der Waals surface area contributed by atoms with Gasteiger partial charge in [-0.3, -0.25) is 9.59 Å². The standard InChI is InChI=1S/C24H22ClNO5/c1-4-10-30-16-7-5-15(6-8-16)21-20-22(27)17-13-18(25)14(2)12-19(17)31-23(20)24(28)26(21)9-11-29-3/h4-8,12-13,21H,1,9-11H2,2-3H3. The Labute approximate surface area is 184 Å². The predicted octanol–water partition coefficient (Wildman–Crippen LogP) is 4.51. The van der Waals surface area contributed by atoms with Gasteiger partial charge >= 0.3 is 0 Å². The molecule has 31 heavy (non-hydrogen) atoms. The second kappa shape index (κ2) is 8.57. The van der Waals surface area contributed by atoms with Crippen LogP contribution in [0.5, 0.6) is 5.75 Å². The number of carbonyl (C=O) groups is 1. The van der Waals surface area contributed by atoms with Gasteiger partial charge in [0.2, 0.25) is 5.76 Å². The van der Waals surface area contributed by atoms with Gasteiger partial charge in [0.25, 0.3) is 5.91 Å². The van der Waals surface area contributed by atoms with E-state index < -0.39 is 6.04 Å². The number of halogens is 1. The largest absolute Gasteiger partial charge is 0.490 e. The summed E-state index contributed by atoms with van der Waals surface area (Å²) in [5.41, 5.74) is 1.95. The van der Waals surface area contributed by atoms with Gasteiger partial charge in [-0.25, -0.2) is 0 Å². The van der Waals surface area contributed by atoms with Gasteiger partial charge in [-0.1, -0.05) is 36.4 Å². The predicted molar refractivity (Wildman–Crippen MR) is 119 cm³/mol. The molecule has 2 heterocycles. The molecule has 0 fully saturated rings. The van der Waals surface area contributed by atoms with Crippen LogP contribution in [0.2, 0.25) is 5.02 Å². The number of fused-ring (bicyclic) bond motifs is 2. The molecular weight excluding hydrogens is 418 g/mol. The molecule has 0 saturated heterocycles. The van der Waals surface area contributed by atoms with E-state index in [1.54, 1.807) is 42.4 Å².